The van der Waals surface area contributed by atoms with E-state index in [-0.39, 0.29) is 12.3 Å². The van der Waals surface area contributed by atoms with Gasteiger partial charge in [0.1, 0.15) is 5.82 Å². The zero-order valence-corrected chi connectivity index (χ0v) is 12.3. The molecule has 0 aromatic heterocycles. The Morgan fingerprint density at radius 3 is 2.77 bits per heavy atom. The maximum atomic E-state index is 13.1. The standard InChI is InChI=1S/C17H18FNO3/c1-22-11-12-4-2-7-15(8-12)19-17(21)10-16(20)13-5-3-6-14(18)9-13/h2-9,16,20H,10-11H2,1H3,(H,19,21). The fourth-order valence-electron chi connectivity index (χ4n) is 2.12. The van der Waals surface area contributed by atoms with E-state index >= 15 is 0 Å². The van der Waals surface area contributed by atoms with Gasteiger partial charge in [0.05, 0.1) is 19.1 Å². The van der Waals surface area contributed by atoms with Crippen molar-refractivity contribution in [2.45, 2.75) is 19.1 Å². The Labute approximate surface area is 128 Å². The fourth-order valence-corrected chi connectivity index (χ4v) is 2.12. The number of benzene rings is 2. The summed E-state index contributed by atoms with van der Waals surface area (Å²) in [6, 6.07) is 12.9. The van der Waals surface area contributed by atoms with Crippen LogP contribution in [0.2, 0.25) is 0 Å². The molecule has 4 nitrogen and oxygen atoms in total. The predicted octanol–water partition coefficient (Wildman–Crippen LogP) is 3.03. The van der Waals surface area contributed by atoms with Crippen LogP contribution in [0.25, 0.3) is 0 Å². The average molecular weight is 303 g/mol. The van der Waals surface area contributed by atoms with Crippen LogP contribution in [-0.2, 0) is 16.1 Å². The Morgan fingerprint density at radius 2 is 2.05 bits per heavy atom. The number of hydrogen-bond acceptors (Lipinski definition) is 3. The van der Waals surface area contributed by atoms with Crippen LogP contribution in [0.3, 0.4) is 0 Å². The van der Waals surface area contributed by atoms with Gasteiger partial charge in [-0.15, -0.1) is 0 Å². The van der Waals surface area contributed by atoms with Gasteiger partial charge in [0, 0.05) is 12.8 Å². The smallest absolute Gasteiger partial charge is 0.227 e. The quantitative estimate of drug-likeness (QED) is 0.862. The van der Waals surface area contributed by atoms with E-state index in [1.165, 1.54) is 18.2 Å². The first-order valence-corrected chi connectivity index (χ1v) is 6.89. The normalized spacial score (nSPS) is 12.0. The van der Waals surface area contributed by atoms with E-state index in [1.807, 2.05) is 12.1 Å². The zero-order valence-electron chi connectivity index (χ0n) is 12.3. The molecule has 22 heavy (non-hydrogen) atoms. The lowest BCUT2D eigenvalue weighted by Gasteiger charge is -2.12. The number of rotatable bonds is 6. The summed E-state index contributed by atoms with van der Waals surface area (Å²) in [5.41, 5.74) is 1.94. The van der Waals surface area contributed by atoms with Crippen molar-refractivity contribution in [1.29, 1.82) is 0 Å². The second kappa shape index (κ2) is 7.68. The summed E-state index contributed by atoms with van der Waals surface area (Å²) in [6.45, 7) is 0.454. The van der Waals surface area contributed by atoms with Gasteiger partial charge in [-0.05, 0) is 35.4 Å². The molecule has 0 aliphatic carbocycles. The Balaban J connectivity index is 1.96. The number of nitrogens with one attached hydrogen (secondary N) is 1. The molecule has 0 fully saturated rings. The van der Waals surface area contributed by atoms with Gasteiger partial charge in [0.2, 0.25) is 5.91 Å². The minimum absolute atomic E-state index is 0.141. The lowest BCUT2D eigenvalue weighted by Crippen LogP contribution is -2.15. The summed E-state index contributed by atoms with van der Waals surface area (Å²) in [4.78, 5) is 12.0. The molecule has 0 bridgehead atoms. The molecular formula is C17H18FNO3. The van der Waals surface area contributed by atoms with Crippen molar-refractivity contribution >= 4 is 11.6 Å². The molecule has 0 spiro atoms. The van der Waals surface area contributed by atoms with Crippen molar-refractivity contribution in [2.75, 3.05) is 12.4 Å². The third-order valence-electron chi connectivity index (χ3n) is 3.13. The summed E-state index contributed by atoms with van der Waals surface area (Å²) in [7, 11) is 1.60. The number of carbonyl (C=O) groups excluding carboxylic acids is 1. The molecule has 0 saturated heterocycles. The van der Waals surface area contributed by atoms with E-state index in [0.717, 1.165) is 5.56 Å². The second-order valence-corrected chi connectivity index (χ2v) is 4.96. The van der Waals surface area contributed by atoms with E-state index in [2.05, 4.69) is 5.32 Å². The second-order valence-electron chi connectivity index (χ2n) is 4.96. The number of hydrogen-bond donors (Lipinski definition) is 2. The minimum atomic E-state index is -1.04. The predicted molar refractivity (Wildman–Crippen MR) is 81.8 cm³/mol. The highest BCUT2D eigenvalue weighted by Crippen LogP contribution is 2.19. The van der Waals surface area contributed by atoms with Crippen LogP contribution in [0, 0.1) is 5.82 Å². The van der Waals surface area contributed by atoms with Crippen LogP contribution < -0.4 is 5.32 Å². The highest BCUT2D eigenvalue weighted by molar-refractivity contribution is 5.91. The van der Waals surface area contributed by atoms with Gasteiger partial charge in [-0.2, -0.15) is 0 Å². The number of anilines is 1. The summed E-state index contributed by atoms with van der Waals surface area (Å²) in [5, 5.41) is 12.7. The van der Waals surface area contributed by atoms with Crippen molar-refractivity contribution < 1.29 is 19.0 Å². The van der Waals surface area contributed by atoms with Crippen LogP contribution in [0.15, 0.2) is 48.5 Å². The van der Waals surface area contributed by atoms with Crippen LogP contribution in [0.1, 0.15) is 23.7 Å². The number of carbonyl (C=O) groups is 1. The van der Waals surface area contributed by atoms with Crippen LogP contribution >= 0.6 is 0 Å². The van der Waals surface area contributed by atoms with Gasteiger partial charge >= 0.3 is 0 Å². The molecule has 0 aliphatic rings. The minimum Gasteiger partial charge on any atom is -0.388 e. The van der Waals surface area contributed by atoms with Crippen molar-refractivity contribution in [3.63, 3.8) is 0 Å². The molecule has 2 rings (SSSR count). The maximum absolute atomic E-state index is 13.1. The van der Waals surface area contributed by atoms with Gasteiger partial charge in [-0.25, -0.2) is 4.39 Å². The molecule has 116 valence electrons. The Kier molecular flexibility index (Phi) is 5.63. The molecule has 0 heterocycles. The molecule has 5 heteroatoms. The van der Waals surface area contributed by atoms with E-state index in [9.17, 15) is 14.3 Å². The lowest BCUT2D eigenvalue weighted by molar-refractivity contribution is -0.118. The third kappa shape index (κ3) is 4.65. The van der Waals surface area contributed by atoms with Crippen LogP contribution in [-0.4, -0.2) is 18.1 Å². The Hall–Kier alpha value is -2.24. The third-order valence-corrected chi connectivity index (χ3v) is 3.13. The molecule has 1 atom stereocenters. The van der Waals surface area contributed by atoms with Crippen LogP contribution in [0.4, 0.5) is 10.1 Å². The van der Waals surface area contributed by atoms with Crippen molar-refractivity contribution in [1.82, 2.24) is 0 Å². The SMILES string of the molecule is COCc1cccc(NC(=O)CC(O)c2cccc(F)c2)c1. The molecule has 1 unspecified atom stereocenters. The van der Waals surface area contributed by atoms with E-state index in [4.69, 9.17) is 4.74 Å². The fraction of sp³-hybridized carbons (Fsp3) is 0.235. The first kappa shape index (κ1) is 16.1. The van der Waals surface area contributed by atoms with Crippen molar-refractivity contribution in [2.24, 2.45) is 0 Å². The average Bonchev–Trinajstić information content (AvgIpc) is 2.47. The zero-order chi connectivity index (χ0) is 15.9. The van der Waals surface area contributed by atoms with E-state index in [0.29, 0.717) is 17.9 Å². The number of methoxy groups -OCH3 is 1. The maximum Gasteiger partial charge on any atom is 0.227 e. The van der Waals surface area contributed by atoms with E-state index < -0.39 is 11.9 Å². The molecular weight excluding hydrogens is 285 g/mol. The number of aliphatic hydroxyl groups is 1. The largest absolute Gasteiger partial charge is 0.388 e. The van der Waals surface area contributed by atoms with Crippen molar-refractivity contribution in [3.8, 4) is 0 Å². The molecule has 0 saturated carbocycles. The molecule has 2 aromatic carbocycles. The highest BCUT2D eigenvalue weighted by Gasteiger charge is 2.14. The number of aliphatic hydroxyl groups excluding tert-OH is 1. The number of amides is 1. The van der Waals surface area contributed by atoms with E-state index in [1.54, 1.807) is 25.3 Å². The summed E-state index contributed by atoms with van der Waals surface area (Å²) >= 11 is 0. The lowest BCUT2D eigenvalue weighted by atomic mass is 10.1. The van der Waals surface area contributed by atoms with Crippen LogP contribution in [0.5, 0.6) is 0 Å². The van der Waals surface area contributed by atoms with Gasteiger partial charge < -0.3 is 15.2 Å². The molecule has 2 N–H and O–H groups in total. The Morgan fingerprint density at radius 1 is 1.27 bits per heavy atom. The molecule has 2 aromatic rings. The van der Waals surface area contributed by atoms with Gasteiger partial charge in [-0.1, -0.05) is 24.3 Å². The number of halogens is 1. The van der Waals surface area contributed by atoms with Gasteiger partial charge in [-0.3, -0.25) is 4.79 Å². The molecule has 0 radical (unpaired) electrons. The van der Waals surface area contributed by atoms with Gasteiger partial charge in [0.15, 0.2) is 0 Å². The summed E-state index contributed by atoms with van der Waals surface area (Å²) in [6.07, 6.45) is -1.18. The summed E-state index contributed by atoms with van der Waals surface area (Å²) in [5.74, 6) is -0.782. The summed E-state index contributed by atoms with van der Waals surface area (Å²) < 4.78 is 18.1. The Bertz CT molecular complexity index is 645. The highest BCUT2D eigenvalue weighted by atomic mass is 19.1. The number of ether oxygens (including phenoxy) is 1. The topological polar surface area (TPSA) is 58.6 Å². The van der Waals surface area contributed by atoms with Gasteiger partial charge in [0.25, 0.3) is 0 Å². The molecule has 0 aliphatic heterocycles. The first-order chi connectivity index (χ1) is 10.6. The molecule has 1 amide bonds. The van der Waals surface area contributed by atoms with Crippen molar-refractivity contribution in [3.05, 3.63) is 65.5 Å². The first-order valence-electron chi connectivity index (χ1n) is 6.89. The monoisotopic (exact) mass is 303 g/mol.